The average Bonchev–Trinajstić information content (AvgIpc) is 2.93. The van der Waals surface area contributed by atoms with Crippen molar-refractivity contribution in [1.29, 1.82) is 0 Å². The highest BCUT2D eigenvalue weighted by Gasteiger charge is 2.14. The third-order valence-corrected chi connectivity index (χ3v) is 4.01. The van der Waals surface area contributed by atoms with Gasteiger partial charge < -0.3 is 10.2 Å². The Kier molecular flexibility index (Phi) is 5.70. The summed E-state index contributed by atoms with van der Waals surface area (Å²) in [5.74, 6) is 0.732. The number of aromatic nitrogens is 1. The molecule has 0 unspecified atom stereocenters. The highest BCUT2D eigenvalue weighted by Crippen LogP contribution is 2.21. The molecule has 2 aromatic heterocycles. The molecule has 0 aliphatic carbocycles. The van der Waals surface area contributed by atoms with Crippen molar-refractivity contribution in [1.82, 2.24) is 10.3 Å². The van der Waals surface area contributed by atoms with Crippen LogP contribution < -0.4 is 10.2 Å². The van der Waals surface area contributed by atoms with Crippen molar-refractivity contribution in [2.45, 2.75) is 26.9 Å². The van der Waals surface area contributed by atoms with Gasteiger partial charge in [0.1, 0.15) is 0 Å². The molecule has 5 heteroatoms. The van der Waals surface area contributed by atoms with E-state index in [0.717, 1.165) is 6.54 Å². The van der Waals surface area contributed by atoms with Gasteiger partial charge in [-0.05, 0) is 30.0 Å². The number of hydrogen-bond donors (Lipinski definition) is 1. The molecule has 2 heterocycles. The summed E-state index contributed by atoms with van der Waals surface area (Å²) in [6, 6.07) is 5.79. The Morgan fingerprint density at radius 3 is 2.86 bits per heavy atom. The summed E-state index contributed by atoms with van der Waals surface area (Å²) >= 11 is 1.67. The molecule has 3 nitrogen and oxygen atoms in total. The van der Waals surface area contributed by atoms with Crippen LogP contribution in [-0.2, 0) is 13.1 Å². The lowest BCUT2D eigenvalue weighted by atomic mass is 10.2. The second-order valence-electron chi connectivity index (χ2n) is 5.57. The SMILES string of the molecule is CC(C)CNCc1ccnc(N(C)Cc2cccs2)c1F. The highest BCUT2D eigenvalue weighted by atomic mass is 32.1. The summed E-state index contributed by atoms with van der Waals surface area (Å²) in [4.78, 5) is 7.24. The predicted octanol–water partition coefficient (Wildman–Crippen LogP) is 3.66. The normalized spacial score (nSPS) is 11.1. The predicted molar refractivity (Wildman–Crippen MR) is 87.2 cm³/mol. The van der Waals surface area contributed by atoms with Gasteiger partial charge in [-0.25, -0.2) is 9.37 Å². The van der Waals surface area contributed by atoms with Gasteiger partial charge in [-0.3, -0.25) is 0 Å². The third-order valence-electron chi connectivity index (χ3n) is 3.15. The smallest absolute Gasteiger partial charge is 0.170 e. The minimum Gasteiger partial charge on any atom is -0.352 e. The first-order valence-electron chi connectivity index (χ1n) is 7.15. The summed E-state index contributed by atoms with van der Waals surface area (Å²) in [6.07, 6.45) is 1.68. The maximum absolute atomic E-state index is 14.5. The summed E-state index contributed by atoms with van der Waals surface area (Å²) in [7, 11) is 1.87. The van der Waals surface area contributed by atoms with Crippen LogP contribution in [0.3, 0.4) is 0 Å². The molecule has 0 amide bonds. The molecule has 0 saturated carbocycles. The molecular weight excluding hydrogens is 285 g/mol. The zero-order valence-electron chi connectivity index (χ0n) is 12.8. The minimum atomic E-state index is -0.229. The number of pyridine rings is 1. The molecule has 2 aromatic rings. The Balaban J connectivity index is 2.05. The van der Waals surface area contributed by atoms with Gasteiger partial charge in [-0.2, -0.15) is 0 Å². The fourth-order valence-corrected chi connectivity index (χ4v) is 2.84. The average molecular weight is 307 g/mol. The molecule has 0 saturated heterocycles. The summed E-state index contributed by atoms with van der Waals surface area (Å²) in [5.41, 5.74) is 0.665. The Labute approximate surface area is 129 Å². The van der Waals surface area contributed by atoms with Gasteiger partial charge in [0.05, 0.1) is 6.54 Å². The molecule has 0 spiro atoms. The number of nitrogens with one attached hydrogen (secondary N) is 1. The Morgan fingerprint density at radius 2 is 2.19 bits per heavy atom. The van der Waals surface area contributed by atoms with Gasteiger partial charge in [0, 0.05) is 30.2 Å². The van der Waals surface area contributed by atoms with Crippen LogP contribution in [-0.4, -0.2) is 18.6 Å². The van der Waals surface area contributed by atoms with Gasteiger partial charge in [-0.15, -0.1) is 11.3 Å². The fraction of sp³-hybridized carbons (Fsp3) is 0.438. The molecule has 0 radical (unpaired) electrons. The van der Waals surface area contributed by atoms with Crippen LogP contribution in [0.15, 0.2) is 29.8 Å². The molecule has 21 heavy (non-hydrogen) atoms. The van der Waals surface area contributed by atoms with Gasteiger partial charge in [0.15, 0.2) is 11.6 Å². The molecule has 2 rings (SSSR count). The molecule has 0 bridgehead atoms. The molecule has 0 atom stereocenters. The minimum absolute atomic E-state index is 0.229. The molecule has 0 aliphatic rings. The fourth-order valence-electron chi connectivity index (χ4n) is 2.08. The number of hydrogen-bond acceptors (Lipinski definition) is 4. The van der Waals surface area contributed by atoms with Crippen molar-refractivity contribution in [2.24, 2.45) is 5.92 Å². The Bertz CT molecular complexity index is 555. The molecule has 114 valence electrons. The van der Waals surface area contributed by atoms with E-state index < -0.39 is 0 Å². The Morgan fingerprint density at radius 1 is 1.38 bits per heavy atom. The second kappa shape index (κ2) is 7.52. The van der Waals surface area contributed by atoms with E-state index in [4.69, 9.17) is 0 Å². The quantitative estimate of drug-likeness (QED) is 0.846. The first-order valence-corrected chi connectivity index (χ1v) is 8.03. The van der Waals surface area contributed by atoms with Gasteiger partial charge >= 0.3 is 0 Å². The van der Waals surface area contributed by atoms with Crippen molar-refractivity contribution >= 4 is 17.2 Å². The standard InChI is InChI=1S/C16H22FN3S/c1-12(2)9-18-10-13-6-7-19-16(15(13)17)20(3)11-14-5-4-8-21-14/h4-8,12,18H,9-11H2,1-3H3. The van der Waals surface area contributed by atoms with Gasteiger partial charge in [-0.1, -0.05) is 19.9 Å². The van der Waals surface area contributed by atoms with Crippen molar-refractivity contribution in [3.63, 3.8) is 0 Å². The zero-order chi connectivity index (χ0) is 15.2. The van der Waals surface area contributed by atoms with Gasteiger partial charge in [0.2, 0.25) is 0 Å². The molecule has 0 aliphatic heterocycles. The summed E-state index contributed by atoms with van der Waals surface area (Å²) in [5, 5.41) is 5.30. The maximum Gasteiger partial charge on any atom is 0.170 e. The van der Waals surface area contributed by atoms with Crippen LogP contribution >= 0.6 is 11.3 Å². The van der Waals surface area contributed by atoms with E-state index in [2.05, 4.69) is 24.1 Å². The molecule has 1 N–H and O–H groups in total. The van der Waals surface area contributed by atoms with E-state index in [1.807, 2.05) is 29.5 Å². The van der Waals surface area contributed by atoms with E-state index in [1.165, 1.54) is 4.88 Å². The highest BCUT2D eigenvalue weighted by molar-refractivity contribution is 7.09. The van der Waals surface area contributed by atoms with E-state index >= 15 is 0 Å². The van der Waals surface area contributed by atoms with Crippen LogP contribution in [0.4, 0.5) is 10.2 Å². The van der Waals surface area contributed by atoms with Crippen molar-refractivity contribution in [3.05, 3.63) is 46.0 Å². The number of rotatable bonds is 7. The monoisotopic (exact) mass is 307 g/mol. The number of nitrogens with zero attached hydrogens (tertiary/aromatic N) is 2. The first kappa shape index (κ1) is 15.9. The number of anilines is 1. The third kappa shape index (κ3) is 4.51. The largest absolute Gasteiger partial charge is 0.352 e. The van der Waals surface area contributed by atoms with Crippen molar-refractivity contribution in [2.75, 3.05) is 18.5 Å². The topological polar surface area (TPSA) is 28.2 Å². The maximum atomic E-state index is 14.5. The van der Waals surface area contributed by atoms with Gasteiger partial charge in [0.25, 0.3) is 0 Å². The van der Waals surface area contributed by atoms with E-state index in [9.17, 15) is 4.39 Å². The summed E-state index contributed by atoms with van der Waals surface area (Å²) in [6.45, 7) is 6.35. The molecular formula is C16H22FN3S. The van der Waals surface area contributed by atoms with Crippen molar-refractivity contribution < 1.29 is 4.39 Å². The molecule has 0 aromatic carbocycles. The lowest BCUT2D eigenvalue weighted by molar-refractivity contribution is 0.532. The Hall–Kier alpha value is -1.46. The number of halogens is 1. The second-order valence-corrected chi connectivity index (χ2v) is 6.60. The molecule has 0 fully saturated rings. The van der Waals surface area contributed by atoms with E-state index in [-0.39, 0.29) is 5.82 Å². The lowest BCUT2D eigenvalue weighted by Gasteiger charge is -2.19. The first-order chi connectivity index (χ1) is 10.1. The summed E-state index contributed by atoms with van der Waals surface area (Å²) < 4.78 is 14.5. The number of thiophene rings is 1. The van der Waals surface area contributed by atoms with E-state index in [0.29, 0.717) is 30.4 Å². The zero-order valence-corrected chi connectivity index (χ0v) is 13.6. The van der Waals surface area contributed by atoms with Crippen molar-refractivity contribution in [3.8, 4) is 0 Å². The van der Waals surface area contributed by atoms with Crippen LogP contribution in [0.1, 0.15) is 24.3 Å². The van der Waals surface area contributed by atoms with Crippen LogP contribution in [0.25, 0.3) is 0 Å². The van der Waals surface area contributed by atoms with Crippen LogP contribution in [0.2, 0.25) is 0 Å². The van der Waals surface area contributed by atoms with Crippen LogP contribution in [0.5, 0.6) is 0 Å². The van der Waals surface area contributed by atoms with E-state index in [1.54, 1.807) is 23.6 Å². The lowest BCUT2D eigenvalue weighted by Crippen LogP contribution is -2.22. The van der Waals surface area contributed by atoms with Crippen LogP contribution in [0, 0.1) is 11.7 Å².